The number of hydrogen-bond acceptors (Lipinski definition) is 7. The molecule has 26 heavy (non-hydrogen) atoms. The zero-order valence-corrected chi connectivity index (χ0v) is 16.3. The Kier molecular flexibility index (Phi) is 5.63. The van der Waals surface area contributed by atoms with Crippen molar-refractivity contribution < 1.29 is 14.3 Å². The molecule has 0 saturated heterocycles. The van der Waals surface area contributed by atoms with Gasteiger partial charge in [-0.05, 0) is 24.1 Å². The Hall–Kier alpha value is -2.32. The second-order valence-electron chi connectivity index (χ2n) is 5.50. The van der Waals surface area contributed by atoms with Crippen molar-refractivity contribution in [2.75, 3.05) is 14.2 Å². The van der Waals surface area contributed by atoms with Gasteiger partial charge in [0.25, 0.3) is 0 Å². The van der Waals surface area contributed by atoms with E-state index in [2.05, 4.69) is 9.97 Å². The van der Waals surface area contributed by atoms with E-state index >= 15 is 0 Å². The molecule has 1 unspecified atom stereocenters. The normalized spacial score (nSPS) is 12.1. The number of thiophene rings is 1. The van der Waals surface area contributed by atoms with Crippen LogP contribution in [0.1, 0.15) is 13.3 Å². The lowest BCUT2D eigenvalue weighted by Crippen LogP contribution is -2.24. The standard InChI is InChI=1S/C18H19N3O3S2/c1-4-14(16(19)22)26-18-15-11(8-25-17(15)20-9-21-18)10-5-6-12(23-2)13(7-10)24-3/h5-9,14H,4H2,1-3H3,(H2,19,22). The van der Waals surface area contributed by atoms with Crippen LogP contribution in [0.15, 0.2) is 34.9 Å². The van der Waals surface area contributed by atoms with Gasteiger partial charge >= 0.3 is 0 Å². The third-order valence-corrected chi connectivity index (χ3v) is 6.24. The number of rotatable bonds is 7. The minimum Gasteiger partial charge on any atom is -0.493 e. The first-order chi connectivity index (χ1) is 12.6. The molecule has 0 bridgehead atoms. The molecule has 0 saturated carbocycles. The van der Waals surface area contributed by atoms with Crippen LogP contribution in [-0.2, 0) is 4.79 Å². The summed E-state index contributed by atoms with van der Waals surface area (Å²) in [5.41, 5.74) is 7.47. The number of hydrogen-bond donors (Lipinski definition) is 1. The number of fused-ring (bicyclic) bond motifs is 1. The fourth-order valence-electron chi connectivity index (χ4n) is 2.63. The van der Waals surface area contributed by atoms with E-state index < -0.39 is 0 Å². The van der Waals surface area contributed by atoms with Gasteiger partial charge in [-0.3, -0.25) is 4.79 Å². The first-order valence-corrected chi connectivity index (χ1v) is 9.75. The minimum atomic E-state index is -0.341. The number of carbonyl (C=O) groups is 1. The zero-order valence-electron chi connectivity index (χ0n) is 14.7. The van der Waals surface area contributed by atoms with Crippen LogP contribution in [0, 0.1) is 0 Å². The summed E-state index contributed by atoms with van der Waals surface area (Å²) in [7, 11) is 3.21. The maximum absolute atomic E-state index is 11.6. The van der Waals surface area contributed by atoms with Crippen LogP contribution < -0.4 is 15.2 Å². The number of nitrogens with zero attached hydrogens (tertiary/aromatic N) is 2. The topological polar surface area (TPSA) is 87.3 Å². The summed E-state index contributed by atoms with van der Waals surface area (Å²) in [4.78, 5) is 21.3. The molecule has 0 fully saturated rings. The van der Waals surface area contributed by atoms with Crippen molar-refractivity contribution in [3.05, 3.63) is 29.9 Å². The van der Waals surface area contributed by atoms with Crippen LogP contribution in [0.3, 0.4) is 0 Å². The summed E-state index contributed by atoms with van der Waals surface area (Å²) in [6, 6.07) is 5.76. The maximum Gasteiger partial charge on any atom is 0.230 e. The van der Waals surface area contributed by atoms with Crippen molar-refractivity contribution in [1.82, 2.24) is 9.97 Å². The molecule has 8 heteroatoms. The van der Waals surface area contributed by atoms with E-state index in [1.54, 1.807) is 14.2 Å². The Bertz CT molecular complexity index is 943. The van der Waals surface area contributed by atoms with E-state index in [1.165, 1.54) is 29.4 Å². The van der Waals surface area contributed by atoms with Crippen LogP contribution in [0.25, 0.3) is 21.3 Å². The molecule has 1 aromatic carbocycles. The Balaban J connectivity index is 2.12. The molecule has 1 atom stereocenters. The Labute approximate surface area is 159 Å². The van der Waals surface area contributed by atoms with Crippen molar-refractivity contribution in [2.24, 2.45) is 5.73 Å². The fourth-order valence-corrected chi connectivity index (χ4v) is 4.60. The minimum absolute atomic E-state index is 0.328. The van der Waals surface area contributed by atoms with Crippen LogP contribution >= 0.6 is 23.1 Å². The molecule has 136 valence electrons. The van der Waals surface area contributed by atoms with Gasteiger partial charge in [-0.2, -0.15) is 0 Å². The van der Waals surface area contributed by atoms with Crippen molar-refractivity contribution in [3.63, 3.8) is 0 Å². The van der Waals surface area contributed by atoms with Crippen molar-refractivity contribution in [3.8, 4) is 22.6 Å². The van der Waals surface area contributed by atoms with Gasteiger partial charge < -0.3 is 15.2 Å². The quantitative estimate of drug-likeness (QED) is 0.489. The van der Waals surface area contributed by atoms with Gasteiger partial charge in [0.15, 0.2) is 11.5 Å². The monoisotopic (exact) mass is 389 g/mol. The third-order valence-electron chi connectivity index (χ3n) is 3.97. The van der Waals surface area contributed by atoms with Crippen molar-refractivity contribution >= 4 is 39.2 Å². The predicted octanol–water partition coefficient (Wildman–Crippen LogP) is 3.73. The lowest BCUT2D eigenvalue weighted by molar-refractivity contribution is -0.117. The van der Waals surface area contributed by atoms with E-state index in [4.69, 9.17) is 15.2 Å². The number of thioether (sulfide) groups is 1. The first kappa shape index (κ1) is 18.5. The van der Waals surface area contributed by atoms with E-state index in [-0.39, 0.29) is 11.2 Å². The molecule has 0 aliphatic carbocycles. The lowest BCUT2D eigenvalue weighted by atomic mass is 10.1. The molecule has 0 radical (unpaired) electrons. The van der Waals surface area contributed by atoms with Crippen molar-refractivity contribution in [2.45, 2.75) is 23.6 Å². The number of amides is 1. The van der Waals surface area contributed by atoms with Gasteiger partial charge in [-0.25, -0.2) is 9.97 Å². The molecule has 6 nitrogen and oxygen atoms in total. The number of aromatic nitrogens is 2. The molecule has 3 aromatic rings. The molecular weight excluding hydrogens is 370 g/mol. The Morgan fingerprint density at radius 1 is 1.27 bits per heavy atom. The number of carbonyl (C=O) groups excluding carboxylic acids is 1. The maximum atomic E-state index is 11.6. The predicted molar refractivity (Wildman–Crippen MR) is 105 cm³/mol. The summed E-state index contributed by atoms with van der Waals surface area (Å²) in [6.45, 7) is 1.93. The molecule has 2 aromatic heterocycles. The summed E-state index contributed by atoms with van der Waals surface area (Å²) < 4.78 is 10.7. The van der Waals surface area contributed by atoms with E-state index in [0.717, 1.165) is 26.4 Å². The molecular formula is C18H19N3O3S2. The largest absolute Gasteiger partial charge is 0.493 e. The van der Waals surface area contributed by atoms with Gasteiger partial charge in [-0.15, -0.1) is 11.3 Å². The van der Waals surface area contributed by atoms with Gasteiger partial charge in [0, 0.05) is 10.9 Å². The number of nitrogens with two attached hydrogens (primary N) is 1. The number of benzene rings is 1. The fraction of sp³-hybridized carbons (Fsp3) is 0.278. The molecule has 1 amide bonds. The van der Waals surface area contributed by atoms with Gasteiger partial charge in [0.2, 0.25) is 5.91 Å². The highest BCUT2D eigenvalue weighted by Gasteiger charge is 2.20. The summed E-state index contributed by atoms with van der Waals surface area (Å²) in [5.74, 6) is 0.979. The highest BCUT2D eigenvalue weighted by molar-refractivity contribution is 8.00. The molecule has 2 N–H and O–H groups in total. The highest BCUT2D eigenvalue weighted by atomic mass is 32.2. The smallest absolute Gasteiger partial charge is 0.230 e. The molecule has 0 aliphatic rings. The third kappa shape index (κ3) is 3.47. The summed E-state index contributed by atoms with van der Waals surface area (Å²) >= 11 is 2.92. The second-order valence-corrected chi connectivity index (χ2v) is 7.54. The van der Waals surface area contributed by atoms with Gasteiger partial charge in [-0.1, -0.05) is 24.8 Å². The molecule has 2 heterocycles. The van der Waals surface area contributed by atoms with Crippen molar-refractivity contribution in [1.29, 1.82) is 0 Å². The first-order valence-electron chi connectivity index (χ1n) is 7.99. The number of methoxy groups -OCH3 is 2. The van der Waals surface area contributed by atoms with Gasteiger partial charge in [0.05, 0.1) is 24.9 Å². The van der Waals surface area contributed by atoms with Crippen LogP contribution in [0.5, 0.6) is 11.5 Å². The average molecular weight is 390 g/mol. The highest BCUT2D eigenvalue weighted by Crippen LogP contribution is 2.41. The van der Waals surface area contributed by atoms with Crippen LogP contribution in [-0.4, -0.2) is 35.3 Å². The molecule has 0 spiro atoms. The number of ether oxygens (including phenoxy) is 2. The zero-order chi connectivity index (χ0) is 18.7. The molecule has 3 rings (SSSR count). The van der Waals surface area contributed by atoms with Gasteiger partial charge in [0.1, 0.15) is 16.2 Å². The second kappa shape index (κ2) is 7.92. The molecule has 0 aliphatic heterocycles. The SMILES string of the molecule is CCC(Sc1ncnc2scc(-c3ccc(OC)c(OC)c3)c12)C(N)=O. The van der Waals surface area contributed by atoms with E-state index in [9.17, 15) is 4.79 Å². The van der Waals surface area contributed by atoms with E-state index in [0.29, 0.717) is 17.9 Å². The number of primary amides is 1. The van der Waals surface area contributed by atoms with E-state index in [1.807, 2.05) is 30.5 Å². The average Bonchev–Trinajstić information content (AvgIpc) is 3.10. The summed E-state index contributed by atoms with van der Waals surface area (Å²) in [6.07, 6.45) is 2.16. The van der Waals surface area contributed by atoms with Crippen LogP contribution in [0.2, 0.25) is 0 Å². The lowest BCUT2D eigenvalue weighted by Gasteiger charge is -2.12. The van der Waals surface area contributed by atoms with Crippen LogP contribution in [0.4, 0.5) is 0 Å². The Morgan fingerprint density at radius 2 is 2.04 bits per heavy atom. The Morgan fingerprint density at radius 3 is 2.69 bits per heavy atom. The summed E-state index contributed by atoms with van der Waals surface area (Å²) in [5, 5.41) is 3.39.